The number of carbonyl (C=O) groups is 2. The molecule has 0 radical (unpaired) electrons. The van der Waals surface area contributed by atoms with Crippen LogP contribution in [-0.4, -0.2) is 29.0 Å². The first-order valence-electron chi connectivity index (χ1n) is 9.85. The van der Waals surface area contributed by atoms with Crippen LogP contribution in [0.4, 0.5) is 0 Å². The third-order valence-corrected chi connectivity index (χ3v) is 6.98. The Bertz CT molecular complexity index is 1230. The van der Waals surface area contributed by atoms with E-state index in [2.05, 4.69) is 20.9 Å². The van der Waals surface area contributed by atoms with E-state index >= 15 is 0 Å². The number of esters is 1. The fourth-order valence-corrected chi connectivity index (χ4v) is 5.36. The Balaban J connectivity index is 1.89. The lowest BCUT2D eigenvalue weighted by molar-refractivity contribution is -0.163. The molecule has 2 bridgehead atoms. The highest BCUT2D eigenvalue weighted by Crippen LogP contribution is 2.64. The van der Waals surface area contributed by atoms with Crippen molar-refractivity contribution in [1.82, 2.24) is 4.98 Å². The van der Waals surface area contributed by atoms with Crippen molar-refractivity contribution in [3.63, 3.8) is 0 Å². The van der Waals surface area contributed by atoms with Gasteiger partial charge in [0.25, 0.3) is 0 Å². The highest BCUT2D eigenvalue weighted by atomic mass is 79.9. The number of carbonyl (C=O) groups excluding carboxylic acids is 2. The first-order valence-corrected chi connectivity index (χ1v) is 11.0. The molecule has 1 aromatic heterocycles. The van der Waals surface area contributed by atoms with Crippen LogP contribution >= 0.6 is 27.5 Å². The number of halogens is 2. The van der Waals surface area contributed by atoms with E-state index < -0.39 is 34.8 Å². The van der Waals surface area contributed by atoms with Gasteiger partial charge in [0, 0.05) is 22.3 Å². The van der Waals surface area contributed by atoms with Crippen LogP contribution < -0.4 is 4.74 Å². The van der Waals surface area contributed by atoms with Crippen molar-refractivity contribution in [2.24, 2.45) is 5.92 Å². The lowest BCUT2D eigenvalue weighted by Crippen LogP contribution is -2.51. The Labute approximate surface area is 197 Å². The number of hydrogen-bond acceptors (Lipinski definition) is 6. The molecule has 1 N–H and O–H groups in total. The number of Topliss-reactive ketones (excluding diaryl/α,β-unsaturated/α-hetero) is 1. The number of ether oxygens (including phenoxy) is 2. The topological polar surface area (TPSA) is 85.7 Å². The minimum Gasteiger partial charge on any atom is -0.472 e. The predicted molar refractivity (Wildman–Crippen MR) is 119 cm³/mol. The monoisotopic (exact) mass is 513 g/mol. The maximum absolute atomic E-state index is 14.1. The Morgan fingerprint density at radius 2 is 1.88 bits per heavy atom. The molecule has 0 amide bonds. The van der Waals surface area contributed by atoms with E-state index in [0.29, 0.717) is 11.1 Å². The smallest absolute Gasteiger partial charge is 0.313 e. The number of ketones is 1. The number of pyridine rings is 1. The molecule has 162 valence electrons. The van der Waals surface area contributed by atoms with Gasteiger partial charge in [-0.1, -0.05) is 70.0 Å². The van der Waals surface area contributed by atoms with Crippen LogP contribution in [0, 0.1) is 5.92 Å². The summed E-state index contributed by atoms with van der Waals surface area (Å²) in [6.07, 6.45) is 1.31. The van der Waals surface area contributed by atoms with Crippen LogP contribution in [0.3, 0.4) is 0 Å². The highest BCUT2D eigenvalue weighted by molar-refractivity contribution is 9.10. The highest BCUT2D eigenvalue weighted by Gasteiger charge is 2.77. The van der Waals surface area contributed by atoms with Gasteiger partial charge >= 0.3 is 5.97 Å². The van der Waals surface area contributed by atoms with E-state index in [9.17, 15) is 14.7 Å². The van der Waals surface area contributed by atoms with Crippen molar-refractivity contribution < 1.29 is 24.2 Å². The zero-order valence-corrected chi connectivity index (χ0v) is 19.1. The van der Waals surface area contributed by atoms with E-state index in [1.54, 1.807) is 48.5 Å². The molecule has 0 spiro atoms. The van der Waals surface area contributed by atoms with E-state index in [1.165, 1.54) is 19.4 Å². The maximum Gasteiger partial charge on any atom is 0.313 e. The number of nitrogens with zero attached hydrogens (tertiary/aromatic N) is 1. The molecular formula is C24H17BrClNO5. The molecule has 0 saturated heterocycles. The van der Waals surface area contributed by atoms with Crippen molar-refractivity contribution in [2.45, 2.75) is 17.1 Å². The Morgan fingerprint density at radius 1 is 1.19 bits per heavy atom. The minimum atomic E-state index is -2.27. The number of rotatable bonds is 3. The molecule has 32 heavy (non-hydrogen) atoms. The lowest BCUT2D eigenvalue weighted by Gasteiger charge is -2.38. The van der Waals surface area contributed by atoms with Crippen molar-refractivity contribution in [3.05, 3.63) is 93.2 Å². The summed E-state index contributed by atoms with van der Waals surface area (Å²) in [4.78, 5) is 31.5. The van der Waals surface area contributed by atoms with E-state index in [-0.39, 0.29) is 16.5 Å². The molecule has 2 aromatic carbocycles. The number of aromatic nitrogens is 1. The van der Waals surface area contributed by atoms with Crippen molar-refractivity contribution >= 4 is 39.3 Å². The number of aliphatic hydroxyl groups is 1. The summed E-state index contributed by atoms with van der Waals surface area (Å²) >= 11 is 9.57. The molecule has 1 aliphatic heterocycles. The van der Waals surface area contributed by atoms with Gasteiger partial charge in [-0.3, -0.25) is 14.6 Å². The van der Waals surface area contributed by atoms with Crippen molar-refractivity contribution in [3.8, 4) is 5.75 Å². The molecule has 5 rings (SSSR count). The molecule has 2 aliphatic rings. The second-order valence-electron chi connectivity index (χ2n) is 7.83. The molecule has 3 aromatic rings. The number of fused-ring (bicyclic) bond motifs is 4. The molecular weight excluding hydrogens is 498 g/mol. The third kappa shape index (κ3) is 2.71. The van der Waals surface area contributed by atoms with E-state index in [1.807, 2.05) is 6.07 Å². The Morgan fingerprint density at radius 3 is 2.53 bits per heavy atom. The van der Waals surface area contributed by atoms with E-state index in [4.69, 9.17) is 21.1 Å². The number of hydrogen-bond donors (Lipinski definition) is 1. The second-order valence-corrected chi connectivity index (χ2v) is 9.18. The standard InChI is InChI=1S/C24H17BrClNO5/c1-31-21(28)19-18(13-5-3-2-4-6-13)24(14-7-9-15(25)10-8-14)22(29)23(19,30)20-17(32-24)11-16(26)12-27-20/h2-12,18-19,30H,1H3/t18-,19-,23-,24+/m1/s1. The van der Waals surface area contributed by atoms with Gasteiger partial charge in [0.1, 0.15) is 17.4 Å². The molecule has 6 nitrogen and oxygen atoms in total. The van der Waals surface area contributed by atoms with Gasteiger partial charge in [-0.25, -0.2) is 0 Å². The molecule has 2 heterocycles. The van der Waals surface area contributed by atoms with Gasteiger partial charge in [0.2, 0.25) is 11.4 Å². The van der Waals surface area contributed by atoms with Gasteiger partial charge in [-0.15, -0.1) is 0 Å². The van der Waals surface area contributed by atoms with Crippen molar-refractivity contribution in [2.75, 3.05) is 7.11 Å². The largest absolute Gasteiger partial charge is 0.472 e. The predicted octanol–water partition coefficient (Wildman–Crippen LogP) is 4.13. The minimum absolute atomic E-state index is 0.0477. The van der Waals surface area contributed by atoms with Gasteiger partial charge in [-0.2, -0.15) is 0 Å². The summed E-state index contributed by atoms with van der Waals surface area (Å²) in [6, 6.07) is 17.6. The summed E-state index contributed by atoms with van der Waals surface area (Å²) in [5, 5.41) is 12.2. The van der Waals surface area contributed by atoms with Crippen LogP contribution in [0.1, 0.15) is 22.7 Å². The normalized spacial score (nSPS) is 28.1. The molecule has 0 unspecified atom stereocenters. The van der Waals surface area contributed by atoms with Gasteiger partial charge in [0.15, 0.2) is 5.60 Å². The fourth-order valence-electron chi connectivity index (χ4n) is 4.95. The zero-order valence-electron chi connectivity index (χ0n) is 16.8. The lowest BCUT2D eigenvalue weighted by atomic mass is 9.75. The third-order valence-electron chi connectivity index (χ3n) is 6.24. The average molecular weight is 515 g/mol. The number of methoxy groups -OCH3 is 1. The van der Waals surface area contributed by atoms with Crippen LogP contribution in [0.15, 0.2) is 71.3 Å². The molecule has 1 saturated carbocycles. The van der Waals surface area contributed by atoms with Crippen LogP contribution in [0.2, 0.25) is 5.02 Å². The van der Waals surface area contributed by atoms with Crippen LogP contribution in [0.5, 0.6) is 5.75 Å². The van der Waals surface area contributed by atoms with Gasteiger partial charge in [0.05, 0.1) is 18.1 Å². The SMILES string of the molecule is COC(=O)[C@H]1[C@@H](c2ccccc2)[C@]2(c3ccc(Br)cc3)Oc3cc(Cl)cnc3[C@@]1(O)C2=O. The summed E-state index contributed by atoms with van der Waals surface area (Å²) in [6.45, 7) is 0. The summed E-state index contributed by atoms with van der Waals surface area (Å²) in [5.74, 6) is -3.43. The maximum atomic E-state index is 14.1. The summed E-state index contributed by atoms with van der Waals surface area (Å²) in [7, 11) is 1.23. The molecule has 1 fully saturated rings. The van der Waals surface area contributed by atoms with E-state index in [0.717, 1.165) is 4.47 Å². The fraction of sp³-hybridized carbons (Fsp3) is 0.208. The molecule has 8 heteroatoms. The summed E-state index contributed by atoms with van der Waals surface area (Å²) < 4.78 is 12.3. The van der Waals surface area contributed by atoms with Gasteiger partial charge in [-0.05, 0) is 17.7 Å². The van der Waals surface area contributed by atoms with Crippen LogP contribution in [0.25, 0.3) is 0 Å². The first-order chi connectivity index (χ1) is 15.3. The quantitative estimate of drug-likeness (QED) is 0.529. The molecule has 1 aliphatic carbocycles. The number of benzene rings is 2. The first kappa shape index (κ1) is 21.1. The van der Waals surface area contributed by atoms with Gasteiger partial charge < -0.3 is 14.6 Å². The second kappa shape index (κ2) is 7.40. The summed E-state index contributed by atoms with van der Waals surface area (Å²) in [5.41, 5.74) is -2.87. The Kier molecular flexibility index (Phi) is 4.89. The average Bonchev–Trinajstić information content (AvgIpc) is 2.93. The zero-order chi connectivity index (χ0) is 22.7. The molecule has 4 atom stereocenters. The van der Waals surface area contributed by atoms with Crippen LogP contribution in [-0.2, 0) is 25.5 Å². The van der Waals surface area contributed by atoms with Crippen molar-refractivity contribution in [1.29, 1.82) is 0 Å². The Hall–Kier alpha value is -2.74.